The van der Waals surface area contributed by atoms with E-state index in [-0.39, 0.29) is 29.5 Å². The monoisotopic (exact) mass is 584 g/mol. The van der Waals surface area contributed by atoms with Crippen molar-refractivity contribution in [2.24, 2.45) is 5.92 Å². The predicted molar refractivity (Wildman–Crippen MR) is 159 cm³/mol. The van der Waals surface area contributed by atoms with Gasteiger partial charge in [0.15, 0.2) is 0 Å². The Morgan fingerprint density at radius 1 is 1.17 bits per heavy atom. The minimum absolute atomic E-state index is 0.0538. The number of nitrogens with one attached hydrogen (secondary N) is 1. The number of phenolic OH excluding ortho intramolecular Hbond substituents is 1. The first kappa shape index (κ1) is 30.8. The number of nitrogens with zero attached hydrogens (tertiary/aromatic N) is 3. The molecule has 2 aromatic rings. The highest BCUT2D eigenvalue weighted by Gasteiger charge is 2.40. The molecule has 0 spiro atoms. The van der Waals surface area contributed by atoms with E-state index in [0.717, 1.165) is 61.2 Å². The van der Waals surface area contributed by atoms with E-state index in [1.165, 1.54) is 4.90 Å². The van der Waals surface area contributed by atoms with E-state index in [2.05, 4.69) is 5.32 Å². The van der Waals surface area contributed by atoms with Crippen LogP contribution in [0, 0.1) is 5.92 Å². The quantitative estimate of drug-likeness (QED) is 0.428. The average Bonchev–Trinajstić information content (AvgIpc) is 3.59. The summed E-state index contributed by atoms with van der Waals surface area (Å²) in [7, 11) is 1.54. The molecule has 1 saturated carbocycles. The zero-order chi connectivity index (χ0) is 29.7. The van der Waals surface area contributed by atoms with E-state index in [4.69, 9.17) is 9.72 Å². The van der Waals surface area contributed by atoms with Crippen molar-refractivity contribution < 1.29 is 24.2 Å². The van der Waals surface area contributed by atoms with E-state index >= 15 is 0 Å². The summed E-state index contributed by atoms with van der Waals surface area (Å²) in [6.45, 7) is 7.63. The Hall–Kier alpha value is -3.14. The topological polar surface area (TPSA) is 112 Å². The van der Waals surface area contributed by atoms with Crippen molar-refractivity contribution in [3.8, 4) is 5.75 Å². The lowest BCUT2D eigenvalue weighted by atomic mass is 9.83. The number of phenols is 1. The maximum Gasteiger partial charge on any atom is 0.410 e. The van der Waals surface area contributed by atoms with Crippen LogP contribution in [0.2, 0.25) is 0 Å². The molecule has 10 heteroatoms. The van der Waals surface area contributed by atoms with Gasteiger partial charge in [0.2, 0.25) is 11.8 Å². The molecule has 224 valence electrons. The number of hydrogen-bond acceptors (Lipinski definition) is 7. The van der Waals surface area contributed by atoms with E-state index in [0.29, 0.717) is 13.0 Å². The van der Waals surface area contributed by atoms with Crippen LogP contribution in [0.1, 0.15) is 94.9 Å². The Morgan fingerprint density at radius 2 is 1.90 bits per heavy atom. The third-order valence-electron chi connectivity index (χ3n) is 8.01. The first-order valence-corrected chi connectivity index (χ1v) is 15.6. The summed E-state index contributed by atoms with van der Waals surface area (Å²) in [5, 5.41) is 15.8. The van der Waals surface area contributed by atoms with Crippen molar-refractivity contribution in [2.45, 2.75) is 103 Å². The van der Waals surface area contributed by atoms with Gasteiger partial charge in [-0.25, -0.2) is 9.78 Å². The molecule has 0 radical (unpaired) electrons. The SMILES string of the molecule is C[C@@H](C(=O)N[C@H](C(=O)N1CCC[C@H]1c1nc(Cc2cccc(O)c2)cs1)C1CCCCC1)N(C)C(=O)OC(C)(C)C. The molecule has 1 aromatic carbocycles. The number of aromatic hydroxyl groups is 1. The number of likely N-dealkylation sites (tertiary alicyclic amines) is 1. The van der Waals surface area contributed by atoms with Gasteiger partial charge in [-0.1, -0.05) is 31.4 Å². The molecule has 2 N–H and O–H groups in total. The molecule has 1 saturated heterocycles. The second-order valence-corrected chi connectivity index (χ2v) is 13.3. The standard InChI is InChI=1S/C31H44N4O5S/c1-20(34(5)30(39)40-31(2,3)4)27(37)33-26(22-12-7-6-8-13-22)29(38)35-16-10-15-25(35)28-32-23(19-41-28)17-21-11-9-14-24(36)18-21/h9,11,14,18-20,22,25-26,36H,6-8,10,12-13,15-17H2,1-5H3,(H,33,37)/t20-,25-,26-/m0/s1. The highest BCUT2D eigenvalue weighted by Crippen LogP contribution is 2.36. The minimum Gasteiger partial charge on any atom is -0.508 e. The molecule has 2 fully saturated rings. The zero-order valence-electron chi connectivity index (χ0n) is 24.9. The van der Waals surface area contributed by atoms with Crippen LogP contribution in [0.25, 0.3) is 0 Å². The van der Waals surface area contributed by atoms with E-state index in [1.54, 1.807) is 58.2 Å². The number of carbonyl (C=O) groups excluding carboxylic acids is 3. The van der Waals surface area contributed by atoms with Crippen LogP contribution in [0.3, 0.4) is 0 Å². The van der Waals surface area contributed by atoms with Gasteiger partial charge in [-0.3, -0.25) is 14.5 Å². The molecule has 3 atom stereocenters. The third-order valence-corrected chi connectivity index (χ3v) is 9.01. The summed E-state index contributed by atoms with van der Waals surface area (Å²) in [4.78, 5) is 48.3. The van der Waals surface area contributed by atoms with Gasteiger partial charge in [-0.05, 0) is 77.0 Å². The van der Waals surface area contributed by atoms with Crippen LogP contribution < -0.4 is 5.32 Å². The first-order valence-electron chi connectivity index (χ1n) is 14.7. The largest absolute Gasteiger partial charge is 0.508 e. The molecular formula is C31H44N4O5S. The molecule has 4 rings (SSSR count). The second kappa shape index (κ2) is 13.2. The number of amides is 3. The molecule has 1 aliphatic carbocycles. The maximum absolute atomic E-state index is 14.2. The van der Waals surface area contributed by atoms with Crippen LogP contribution in [0.5, 0.6) is 5.75 Å². The average molecular weight is 585 g/mol. The summed E-state index contributed by atoms with van der Waals surface area (Å²) in [5.74, 6) is -0.142. The Balaban J connectivity index is 1.48. The van der Waals surface area contributed by atoms with Gasteiger partial charge in [0.1, 0.15) is 28.4 Å². The van der Waals surface area contributed by atoms with Gasteiger partial charge in [-0.15, -0.1) is 11.3 Å². The van der Waals surface area contributed by atoms with Gasteiger partial charge in [-0.2, -0.15) is 0 Å². The van der Waals surface area contributed by atoms with Gasteiger partial charge in [0.25, 0.3) is 0 Å². The summed E-state index contributed by atoms with van der Waals surface area (Å²) < 4.78 is 5.44. The minimum atomic E-state index is -0.794. The lowest BCUT2D eigenvalue weighted by Crippen LogP contribution is -2.56. The zero-order valence-corrected chi connectivity index (χ0v) is 25.7. The Kier molecular flexibility index (Phi) is 9.94. The molecular weight excluding hydrogens is 540 g/mol. The smallest absolute Gasteiger partial charge is 0.410 e. The van der Waals surface area contributed by atoms with Gasteiger partial charge >= 0.3 is 6.09 Å². The first-order chi connectivity index (χ1) is 19.4. The Labute approximate surface area is 247 Å². The second-order valence-electron chi connectivity index (χ2n) is 12.4. The Bertz CT molecular complexity index is 1220. The summed E-state index contributed by atoms with van der Waals surface area (Å²) in [6, 6.07) is 5.60. The van der Waals surface area contributed by atoms with Crippen molar-refractivity contribution in [2.75, 3.05) is 13.6 Å². The van der Waals surface area contributed by atoms with Gasteiger partial charge in [0.05, 0.1) is 11.7 Å². The van der Waals surface area contributed by atoms with Crippen LogP contribution >= 0.6 is 11.3 Å². The number of carbonyl (C=O) groups is 3. The number of benzene rings is 1. The highest BCUT2D eigenvalue weighted by atomic mass is 32.1. The summed E-state index contributed by atoms with van der Waals surface area (Å²) in [5.41, 5.74) is 1.21. The van der Waals surface area contributed by atoms with Crippen LogP contribution in [-0.4, -0.2) is 69.1 Å². The van der Waals surface area contributed by atoms with Crippen LogP contribution in [0.4, 0.5) is 4.79 Å². The van der Waals surface area contributed by atoms with Crippen LogP contribution in [-0.2, 0) is 20.7 Å². The maximum atomic E-state index is 14.2. The fourth-order valence-corrected chi connectivity index (χ4v) is 6.65. The summed E-state index contributed by atoms with van der Waals surface area (Å²) >= 11 is 1.56. The number of ether oxygens (including phenoxy) is 1. The van der Waals surface area contributed by atoms with Crippen molar-refractivity contribution in [3.63, 3.8) is 0 Å². The molecule has 0 bridgehead atoms. The normalized spacial score (nSPS) is 19.4. The van der Waals surface area contributed by atoms with Crippen molar-refractivity contribution in [1.82, 2.24) is 20.1 Å². The van der Waals surface area contributed by atoms with Crippen molar-refractivity contribution in [1.29, 1.82) is 0 Å². The molecule has 2 aliphatic rings. The number of likely N-dealkylation sites (N-methyl/N-ethyl adjacent to an activating group) is 1. The van der Waals surface area contributed by atoms with Crippen LogP contribution in [0.15, 0.2) is 29.6 Å². The fraction of sp³-hybridized carbons (Fsp3) is 0.613. The van der Waals surface area contributed by atoms with E-state index in [9.17, 15) is 19.5 Å². The lowest BCUT2D eigenvalue weighted by Gasteiger charge is -2.36. The number of aromatic nitrogens is 1. The van der Waals surface area contributed by atoms with Crippen molar-refractivity contribution in [3.05, 3.63) is 45.9 Å². The highest BCUT2D eigenvalue weighted by molar-refractivity contribution is 7.09. The molecule has 2 heterocycles. The van der Waals surface area contributed by atoms with E-state index in [1.807, 2.05) is 22.4 Å². The fourth-order valence-electron chi connectivity index (χ4n) is 5.69. The van der Waals surface area contributed by atoms with Gasteiger partial charge < -0.3 is 20.1 Å². The third kappa shape index (κ3) is 7.99. The molecule has 1 aliphatic heterocycles. The molecule has 9 nitrogen and oxygen atoms in total. The lowest BCUT2D eigenvalue weighted by molar-refractivity contribution is -0.140. The molecule has 1 aromatic heterocycles. The van der Waals surface area contributed by atoms with Crippen molar-refractivity contribution >= 4 is 29.2 Å². The predicted octanol–water partition coefficient (Wildman–Crippen LogP) is 5.42. The molecule has 0 unspecified atom stereocenters. The summed E-state index contributed by atoms with van der Waals surface area (Å²) in [6.07, 6.45) is 6.71. The molecule has 3 amide bonds. The number of hydrogen-bond donors (Lipinski definition) is 2. The van der Waals surface area contributed by atoms with Gasteiger partial charge in [0, 0.05) is 25.4 Å². The number of rotatable bonds is 8. The number of thiazole rings is 1. The Morgan fingerprint density at radius 3 is 2.59 bits per heavy atom. The van der Waals surface area contributed by atoms with E-state index < -0.39 is 23.8 Å². The molecule has 41 heavy (non-hydrogen) atoms.